The number of aromatic nitrogens is 2. The summed E-state index contributed by atoms with van der Waals surface area (Å²) in [4.78, 5) is 15.3. The minimum atomic E-state index is -0.918. The van der Waals surface area contributed by atoms with Gasteiger partial charge in [0.25, 0.3) is 0 Å². The van der Waals surface area contributed by atoms with E-state index >= 15 is 0 Å². The number of nitrogens with zero attached hydrogens (tertiary/aromatic N) is 2. The summed E-state index contributed by atoms with van der Waals surface area (Å²) in [5, 5.41) is 8.93. The highest BCUT2D eigenvalue weighted by Gasteiger charge is 2.08. The minimum absolute atomic E-state index is 0.283. The Hall–Kier alpha value is -2.62. The molecule has 20 heavy (non-hydrogen) atoms. The van der Waals surface area contributed by atoms with E-state index in [1.165, 1.54) is 11.1 Å². The van der Waals surface area contributed by atoms with Gasteiger partial charge in [-0.15, -0.1) is 0 Å². The zero-order valence-electron chi connectivity index (χ0n) is 11.3. The smallest absolute Gasteiger partial charge is 0.335 e. The lowest BCUT2D eigenvalue weighted by Gasteiger charge is -2.06. The van der Waals surface area contributed by atoms with Crippen molar-refractivity contribution in [2.24, 2.45) is 0 Å². The van der Waals surface area contributed by atoms with Crippen molar-refractivity contribution in [3.05, 3.63) is 59.4 Å². The number of carboxylic acids is 1. The number of benzene rings is 2. The number of hydrogen-bond donors (Lipinski definition) is 1. The summed E-state index contributed by atoms with van der Waals surface area (Å²) in [6.07, 6.45) is 1.76. The monoisotopic (exact) mass is 266 g/mol. The van der Waals surface area contributed by atoms with Gasteiger partial charge in [-0.05, 0) is 61.4 Å². The molecule has 0 amide bonds. The average Bonchev–Trinajstić information content (AvgIpc) is 2.82. The number of aromatic carboxylic acids is 1. The largest absolute Gasteiger partial charge is 0.478 e. The summed E-state index contributed by atoms with van der Waals surface area (Å²) in [6, 6.07) is 10.9. The van der Waals surface area contributed by atoms with Gasteiger partial charge in [0, 0.05) is 5.69 Å². The van der Waals surface area contributed by atoms with Crippen molar-refractivity contribution in [1.29, 1.82) is 0 Å². The van der Waals surface area contributed by atoms with Crippen LogP contribution < -0.4 is 0 Å². The first-order valence-corrected chi connectivity index (χ1v) is 6.34. The lowest BCUT2D eigenvalue weighted by atomic mass is 10.1. The minimum Gasteiger partial charge on any atom is -0.478 e. The van der Waals surface area contributed by atoms with Crippen molar-refractivity contribution in [3.8, 4) is 5.69 Å². The van der Waals surface area contributed by atoms with Gasteiger partial charge >= 0.3 is 5.97 Å². The molecule has 0 saturated heterocycles. The summed E-state index contributed by atoms with van der Waals surface area (Å²) < 4.78 is 1.97. The molecule has 4 heteroatoms. The highest BCUT2D eigenvalue weighted by atomic mass is 16.4. The van der Waals surface area contributed by atoms with Gasteiger partial charge in [-0.3, -0.25) is 4.57 Å². The van der Waals surface area contributed by atoms with Crippen LogP contribution in [0.4, 0.5) is 0 Å². The number of fused-ring (bicyclic) bond motifs is 1. The van der Waals surface area contributed by atoms with Gasteiger partial charge in [0.1, 0.15) is 6.33 Å². The van der Waals surface area contributed by atoms with E-state index in [0.29, 0.717) is 0 Å². The van der Waals surface area contributed by atoms with Gasteiger partial charge in [-0.1, -0.05) is 0 Å². The highest BCUT2D eigenvalue weighted by molar-refractivity contribution is 5.88. The number of carboxylic acid groups (broad SMARTS) is 1. The van der Waals surface area contributed by atoms with Crippen molar-refractivity contribution in [2.75, 3.05) is 0 Å². The first-order valence-electron chi connectivity index (χ1n) is 6.34. The predicted octanol–water partition coefficient (Wildman–Crippen LogP) is 3.34. The van der Waals surface area contributed by atoms with E-state index in [9.17, 15) is 4.79 Å². The van der Waals surface area contributed by atoms with E-state index in [2.05, 4.69) is 31.0 Å². The van der Waals surface area contributed by atoms with E-state index < -0.39 is 5.97 Å². The summed E-state index contributed by atoms with van der Waals surface area (Å²) in [6.45, 7) is 4.13. The number of hydrogen-bond acceptors (Lipinski definition) is 2. The molecule has 0 unspecified atom stereocenters. The van der Waals surface area contributed by atoms with E-state index in [4.69, 9.17) is 5.11 Å². The quantitative estimate of drug-likeness (QED) is 0.774. The van der Waals surface area contributed by atoms with Crippen LogP contribution in [-0.2, 0) is 0 Å². The van der Waals surface area contributed by atoms with Crippen LogP contribution in [-0.4, -0.2) is 20.6 Å². The molecule has 0 atom stereocenters. The zero-order chi connectivity index (χ0) is 14.3. The Bertz CT molecular complexity index is 801. The molecule has 0 fully saturated rings. The van der Waals surface area contributed by atoms with E-state index in [1.54, 1.807) is 30.6 Å². The first kappa shape index (κ1) is 12.4. The van der Waals surface area contributed by atoms with Crippen LogP contribution in [0.3, 0.4) is 0 Å². The standard InChI is InChI=1S/C16H14N2O2/c1-10-7-14-15(8-11(10)2)18(9-17-14)13-5-3-12(4-6-13)16(19)20/h3-9H,1-2H3,(H,19,20). The van der Waals surface area contributed by atoms with Crippen LogP contribution >= 0.6 is 0 Å². The summed E-state index contributed by atoms with van der Waals surface area (Å²) in [7, 11) is 0. The third kappa shape index (κ3) is 1.95. The Morgan fingerprint density at radius 1 is 1.10 bits per heavy atom. The molecule has 3 rings (SSSR count). The molecular weight excluding hydrogens is 252 g/mol. The number of aryl methyl sites for hydroxylation is 2. The molecule has 0 aliphatic rings. The van der Waals surface area contributed by atoms with Gasteiger partial charge < -0.3 is 5.11 Å². The molecule has 3 aromatic rings. The molecule has 0 radical (unpaired) electrons. The van der Waals surface area contributed by atoms with Gasteiger partial charge in [-0.2, -0.15) is 0 Å². The van der Waals surface area contributed by atoms with Gasteiger partial charge in [0.15, 0.2) is 0 Å². The maximum atomic E-state index is 10.9. The molecule has 0 saturated carbocycles. The second-order valence-corrected chi connectivity index (χ2v) is 4.89. The molecule has 1 N–H and O–H groups in total. The number of imidazole rings is 1. The van der Waals surface area contributed by atoms with Crippen molar-refractivity contribution in [1.82, 2.24) is 9.55 Å². The van der Waals surface area contributed by atoms with Crippen LogP contribution in [0, 0.1) is 13.8 Å². The molecule has 2 aromatic carbocycles. The summed E-state index contributed by atoms with van der Waals surface area (Å²) >= 11 is 0. The Morgan fingerprint density at radius 2 is 1.75 bits per heavy atom. The van der Waals surface area contributed by atoms with Crippen LogP contribution in [0.15, 0.2) is 42.7 Å². The summed E-state index contributed by atoms with van der Waals surface area (Å²) in [5.41, 5.74) is 5.57. The Balaban J connectivity index is 2.14. The fourth-order valence-electron chi connectivity index (χ4n) is 2.23. The van der Waals surface area contributed by atoms with E-state index in [-0.39, 0.29) is 5.56 Å². The normalized spacial score (nSPS) is 10.9. The van der Waals surface area contributed by atoms with E-state index in [1.807, 2.05) is 4.57 Å². The molecule has 0 aliphatic heterocycles. The Morgan fingerprint density at radius 3 is 2.40 bits per heavy atom. The second kappa shape index (κ2) is 4.49. The van der Waals surface area contributed by atoms with Crippen LogP contribution in [0.25, 0.3) is 16.7 Å². The maximum absolute atomic E-state index is 10.9. The molecular formula is C16H14N2O2. The third-order valence-corrected chi connectivity index (χ3v) is 3.56. The number of rotatable bonds is 2. The van der Waals surface area contributed by atoms with Crippen LogP contribution in [0.5, 0.6) is 0 Å². The zero-order valence-corrected chi connectivity index (χ0v) is 11.3. The van der Waals surface area contributed by atoms with Crippen molar-refractivity contribution in [3.63, 3.8) is 0 Å². The van der Waals surface area contributed by atoms with Crippen LogP contribution in [0.2, 0.25) is 0 Å². The summed E-state index contributed by atoms with van der Waals surface area (Å²) in [5.74, 6) is -0.918. The molecule has 4 nitrogen and oxygen atoms in total. The van der Waals surface area contributed by atoms with Crippen LogP contribution in [0.1, 0.15) is 21.5 Å². The molecule has 1 aromatic heterocycles. The van der Waals surface area contributed by atoms with Gasteiger partial charge in [0.2, 0.25) is 0 Å². The van der Waals surface area contributed by atoms with Gasteiger partial charge in [0.05, 0.1) is 16.6 Å². The average molecular weight is 266 g/mol. The fraction of sp³-hybridized carbons (Fsp3) is 0.125. The molecule has 100 valence electrons. The lowest BCUT2D eigenvalue weighted by molar-refractivity contribution is 0.0697. The second-order valence-electron chi connectivity index (χ2n) is 4.89. The lowest BCUT2D eigenvalue weighted by Crippen LogP contribution is -1.97. The van der Waals surface area contributed by atoms with Crippen molar-refractivity contribution >= 4 is 17.0 Å². The highest BCUT2D eigenvalue weighted by Crippen LogP contribution is 2.22. The molecule has 1 heterocycles. The molecule has 0 spiro atoms. The maximum Gasteiger partial charge on any atom is 0.335 e. The van der Waals surface area contributed by atoms with Gasteiger partial charge in [-0.25, -0.2) is 9.78 Å². The molecule has 0 aliphatic carbocycles. The first-order chi connectivity index (χ1) is 9.56. The predicted molar refractivity (Wildman–Crippen MR) is 77.5 cm³/mol. The Kier molecular flexibility index (Phi) is 2.79. The topological polar surface area (TPSA) is 55.1 Å². The Labute approximate surface area is 116 Å². The number of carbonyl (C=O) groups is 1. The fourth-order valence-corrected chi connectivity index (χ4v) is 2.23. The third-order valence-electron chi connectivity index (χ3n) is 3.56. The van der Waals surface area contributed by atoms with Crippen molar-refractivity contribution < 1.29 is 9.90 Å². The SMILES string of the molecule is Cc1cc2ncn(-c3ccc(C(=O)O)cc3)c2cc1C. The van der Waals surface area contributed by atoms with Crippen molar-refractivity contribution in [2.45, 2.75) is 13.8 Å². The van der Waals surface area contributed by atoms with E-state index in [0.717, 1.165) is 16.7 Å². The molecule has 0 bridgehead atoms.